The van der Waals surface area contributed by atoms with Crippen molar-refractivity contribution in [2.24, 2.45) is 0 Å². The third kappa shape index (κ3) is 7.57. The molecule has 5 aromatic rings. The Kier molecular flexibility index (Phi) is 12.6. The van der Waals surface area contributed by atoms with Gasteiger partial charge in [0.15, 0.2) is 11.3 Å². The molecule has 0 spiro atoms. The van der Waals surface area contributed by atoms with Crippen molar-refractivity contribution < 1.29 is 57.4 Å². The molecule has 4 aliphatic heterocycles. The van der Waals surface area contributed by atoms with Crippen LogP contribution in [0.25, 0.3) is 0 Å². The van der Waals surface area contributed by atoms with Crippen molar-refractivity contribution in [2.45, 2.75) is 64.7 Å². The van der Waals surface area contributed by atoms with E-state index in [1.807, 2.05) is 0 Å². The summed E-state index contributed by atoms with van der Waals surface area (Å²) in [6.45, 7) is 6.18. The zero-order valence-electron chi connectivity index (χ0n) is 39.7. The Labute approximate surface area is 412 Å². The summed E-state index contributed by atoms with van der Waals surface area (Å²) in [7, 11) is 0. The molecular weight excluding hydrogens is 925 g/mol. The Morgan fingerprint density at radius 1 is 0.417 bits per heavy atom. The maximum atomic E-state index is 14.9. The SMILES string of the molecule is CCOC(=O)NC(CC)(c1ccc(C(CC)(NC(=O)OCC)N2C(=O)c3cccc(CCN4C(=O)c5ccccc5C4=O)c3C2=O)cc1)N1C(=O)c2cccc(CCN3C(=O)c4ccccc4C3=O)c2C1=O. The summed E-state index contributed by atoms with van der Waals surface area (Å²) in [4.78, 5) is 143. The van der Waals surface area contributed by atoms with Gasteiger partial charge in [-0.3, -0.25) is 58.8 Å². The number of alkyl carbamates (subject to hydrolysis) is 2. The van der Waals surface area contributed by atoms with Gasteiger partial charge in [-0.1, -0.05) is 86.6 Å². The second-order valence-corrected chi connectivity index (χ2v) is 17.4. The largest absolute Gasteiger partial charge is 0.450 e. The molecule has 9 rings (SSSR count). The van der Waals surface area contributed by atoms with Gasteiger partial charge in [-0.2, -0.15) is 0 Å². The third-order valence-corrected chi connectivity index (χ3v) is 13.8. The summed E-state index contributed by atoms with van der Waals surface area (Å²) >= 11 is 0. The second kappa shape index (κ2) is 18.8. The van der Waals surface area contributed by atoms with Gasteiger partial charge in [-0.05, 0) is 98.2 Å². The number of nitrogens with one attached hydrogen (secondary N) is 2. The molecule has 0 fully saturated rings. The van der Waals surface area contributed by atoms with Gasteiger partial charge in [0.05, 0.1) is 57.7 Å². The van der Waals surface area contributed by atoms with Crippen molar-refractivity contribution in [3.63, 3.8) is 0 Å². The van der Waals surface area contributed by atoms with E-state index in [2.05, 4.69) is 10.6 Å². The van der Waals surface area contributed by atoms with E-state index in [1.54, 1.807) is 100 Å². The predicted molar refractivity (Wildman–Crippen MR) is 256 cm³/mol. The summed E-state index contributed by atoms with van der Waals surface area (Å²) in [6, 6.07) is 28.3. The van der Waals surface area contributed by atoms with Crippen LogP contribution in [-0.4, -0.2) is 105 Å². The number of hydrogen-bond donors (Lipinski definition) is 2. The molecule has 0 aromatic heterocycles. The molecule has 0 bridgehead atoms. The number of fused-ring (bicyclic) bond motifs is 4. The fraction of sp³-hybridized carbons (Fsp3) is 0.259. The lowest BCUT2D eigenvalue weighted by molar-refractivity contribution is 0.0266. The van der Waals surface area contributed by atoms with Gasteiger partial charge in [-0.15, -0.1) is 0 Å². The minimum atomic E-state index is -1.93. The number of rotatable bonds is 16. The maximum absolute atomic E-state index is 14.9. The lowest BCUT2D eigenvalue weighted by Gasteiger charge is -2.42. The first-order chi connectivity index (χ1) is 34.7. The molecule has 0 saturated heterocycles. The maximum Gasteiger partial charge on any atom is 0.409 e. The van der Waals surface area contributed by atoms with Crippen molar-refractivity contribution in [1.82, 2.24) is 30.2 Å². The fourth-order valence-electron chi connectivity index (χ4n) is 10.3. The highest BCUT2D eigenvalue weighted by molar-refractivity contribution is 6.24. The molecule has 18 nitrogen and oxygen atoms in total. The Morgan fingerprint density at radius 2 is 0.736 bits per heavy atom. The van der Waals surface area contributed by atoms with E-state index in [4.69, 9.17) is 9.47 Å². The highest BCUT2D eigenvalue weighted by Gasteiger charge is 2.54. The van der Waals surface area contributed by atoms with Crippen LogP contribution < -0.4 is 10.6 Å². The van der Waals surface area contributed by atoms with Crippen molar-refractivity contribution in [3.05, 3.63) is 176 Å². The Morgan fingerprint density at radius 3 is 1.04 bits per heavy atom. The van der Waals surface area contributed by atoms with E-state index >= 15 is 0 Å². The predicted octanol–water partition coefficient (Wildman–Crippen LogP) is 6.57. The lowest BCUT2D eigenvalue weighted by atomic mass is 9.89. The second-order valence-electron chi connectivity index (χ2n) is 17.4. The molecule has 2 N–H and O–H groups in total. The summed E-state index contributed by atoms with van der Waals surface area (Å²) in [5.41, 5.74) is -1.53. The van der Waals surface area contributed by atoms with Crippen molar-refractivity contribution in [2.75, 3.05) is 26.3 Å². The molecule has 0 aliphatic carbocycles. The lowest BCUT2D eigenvalue weighted by Crippen LogP contribution is -2.60. The first kappa shape index (κ1) is 48.2. The summed E-state index contributed by atoms with van der Waals surface area (Å²) in [6.07, 6.45) is -2.05. The molecule has 4 heterocycles. The zero-order chi connectivity index (χ0) is 51.2. The molecule has 366 valence electrons. The molecule has 4 aliphatic rings. The van der Waals surface area contributed by atoms with Gasteiger partial charge in [0.1, 0.15) is 0 Å². The normalized spacial score (nSPS) is 16.4. The van der Waals surface area contributed by atoms with Gasteiger partial charge in [0, 0.05) is 13.1 Å². The van der Waals surface area contributed by atoms with Crippen molar-refractivity contribution in [3.8, 4) is 0 Å². The van der Waals surface area contributed by atoms with Gasteiger partial charge >= 0.3 is 12.2 Å². The van der Waals surface area contributed by atoms with Crippen molar-refractivity contribution in [1.29, 1.82) is 0 Å². The molecule has 72 heavy (non-hydrogen) atoms. The first-order valence-corrected chi connectivity index (χ1v) is 23.6. The highest BCUT2D eigenvalue weighted by Crippen LogP contribution is 2.42. The van der Waals surface area contributed by atoms with Gasteiger partial charge < -0.3 is 9.47 Å². The average Bonchev–Trinajstić information content (AvgIpc) is 4.00. The van der Waals surface area contributed by atoms with E-state index in [1.165, 1.54) is 36.4 Å². The summed E-state index contributed by atoms with van der Waals surface area (Å²) in [5.74, 6) is -4.96. The molecular formula is C54H48N6O12. The van der Waals surface area contributed by atoms with Crippen LogP contribution in [0.1, 0.15) is 146 Å². The molecule has 18 heteroatoms. The van der Waals surface area contributed by atoms with E-state index in [-0.39, 0.29) is 108 Å². The topological polar surface area (TPSA) is 226 Å². The standard InChI is InChI=1S/C54H48N6O12/c1-5-53(55-51(69)71-7-3,59-47(65)39-21-13-15-31(41(39)49(59)67)27-29-57-43(61)35-17-9-10-18-36(35)44(57)62)33-23-25-34(26-24-33)54(6-2,56-52(70)72-8-4)60-48(66)40-22-14-16-32(42(40)50(60)68)28-30-58-45(63)37-19-11-12-20-38(37)46(58)64/h9-26H,5-8,27-30H2,1-4H3,(H,55,69)(H,56,70). The van der Waals surface area contributed by atoms with Crippen LogP contribution in [0.15, 0.2) is 109 Å². The quantitative estimate of drug-likeness (QED) is 0.100. The number of imide groups is 4. The highest BCUT2D eigenvalue weighted by atomic mass is 16.6. The average molecular weight is 973 g/mol. The van der Waals surface area contributed by atoms with Crippen LogP contribution in [0.4, 0.5) is 9.59 Å². The van der Waals surface area contributed by atoms with Gasteiger partial charge in [0.2, 0.25) is 0 Å². The minimum Gasteiger partial charge on any atom is -0.450 e. The molecule has 2 unspecified atom stereocenters. The number of hydrogen-bond acceptors (Lipinski definition) is 12. The Balaban J connectivity index is 1.05. The van der Waals surface area contributed by atoms with Crippen LogP contribution in [0.5, 0.6) is 0 Å². The smallest absolute Gasteiger partial charge is 0.409 e. The third-order valence-electron chi connectivity index (χ3n) is 13.8. The molecule has 0 saturated carbocycles. The van der Waals surface area contributed by atoms with Crippen LogP contribution in [0, 0.1) is 0 Å². The van der Waals surface area contributed by atoms with E-state index in [9.17, 15) is 47.9 Å². The van der Waals surface area contributed by atoms with E-state index in [0.717, 1.165) is 19.6 Å². The van der Waals surface area contributed by atoms with Crippen LogP contribution in [0.3, 0.4) is 0 Å². The Bertz CT molecular complexity index is 2910. The van der Waals surface area contributed by atoms with Gasteiger partial charge in [0.25, 0.3) is 47.3 Å². The fourth-order valence-corrected chi connectivity index (χ4v) is 10.3. The number of carbonyl (C=O) groups is 10. The van der Waals surface area contributed by atoms with Gasteiger partial charge in [-0.25, -0.2) is 19.4 Å². The number of ether oxygens (including phenoxy) is 2. The molecule has 5 aromatic carbocycles. The number of carbonyl (C=O) groups excluding carboxylic acids is 10. The monoisotopic (exact) mass is 972 g/mol. The summed E-state index contributed by atoms with van der Waals surface area (Å²) < 4.78 is 10.6. The summed E-state index contributed by atoms with van der Waals surface area (Å²) in [5, 5.41) is 5.55. The first-order valence-electron chi connectivity index (χ1n) is 23.6. The number of nitrogens with zero attached hydrogens (tertiary/aromatic N) is 4. The molecule has 0 radical (unpaired) electrons. The molecule has 10 amide bonds. The minimum absolute atomic E-state index is 0.0246. The van der Waals surface area contributed by atoms with E-state index in [0.29, 0.717) is 11.1 Å². The van der Waals surface area contributed by atoms with E-state index < -0.39 is 70.8 Å². The molecule has 2 atom stereocenters. The van der Waals surface area contributed by atoms with Crippen LogP contribution in [-0.2, 0) is 33.6 Å². The number of benzene rings is 5. The van der Waals surface area contributed by atoms with Crippen molar-refractivity contribution >= 4 is 59.4 Å². The Hall–Kier alpha value is -8.80. The van der Waals surface area contributed by atoms with Crippen LogP contribution in [0.2, 0.25) is 0 Å². The number of amides is 10. The zero-order valence-corrected chi connectivity index (χ0v) is 39.7. The van der Waals surface area contributed by atoms with Crippen LogP contribution >= 0.6 is 0 Å².